The van der Waals surface area contributed by atoms with Gasteiger partial charge in [-0.2, -0.15) is 0 Å². The van der Waals surface area contributed by atoms with E-state index in [1.807, 2.05) is 21.1 Å². The molecule has 0 aliphatic rings. The van der Waals surface area contributed by atoms with Gasteiger partial charge >= 0.3 is 17.9 Å². The number of hydrogen-bond donors (Lipinski definition) is 1. The van der Waals surface area contributed by atoms with Crippen LogP contribution in [0.2, 0.25) is 0 Å². The summed E-state index contributed by atoms with van der Waals surface area (Å²) in [5.74, 6) is -1.57. The lowest BCUT2D eigenvalue weighted by Crippen LogP contribution is -2.50. The van der Waals surface area contributed by atoms with E-state index in [1.54, 1.807) is 0 Å². The second-order valence-electron chi connectivity index (χ2n) is 14.8. The first-order valence-electron chi connectivity index (χ1n) is 21.3. The topological polar surface area (TPSA) is 99.1 Å². The van der Waals surface area contributed by atoms with Gasteiger partial charge in [0, 0.05) is 19.3 Å². The Morgan fingerprint density at radius 1 is 0.536 bits per heavy atom. The Bertz CT molecular complexity index is 1230. The van der Waals surface area contributed by atoms with Gasteiger partial charge in [-0.05, 0) is 89.9 Å². The number of ether oxygens (including phenoxy) is 3. The van der Waals surface area contributed by atoms with Crippen molar-refractivity contribution in [2.45, 2.75) is 148 Å². The predicted octanol–water partition coefficient (Wildman–Crippen LogP) is 11.5. The van der Waals surface area contributed by atoms with Gasteiger partial charge in [-0.3, -0.25) is 9.59 Å². The molecule has 8 heteroatoms. The molecule has 56 heavy (non-hydrogen) atoms. The summed E-state index contributed by atoms with van der Waals surface area (Å²) in [6.07, 6.45) is 50.2. The molecule has 0 bridgehead atoms. The highest BCUT2D eigenvalue weighted by Crippen LogP contribution is 2.12. The third kappa shape index (κ3) is 35.9. The number of carboxylic acid groups (broad SMARTS) is 1. The van der Waals surface area contributed by atoms with Crippen LogP contribution in [0, 0.1) is 0 Å². The van der Waals surface area contributed by atoms with E-state index in [1.165, 1.54) is 0 Å². The first-order valence-corrected chi connectivity index (χ1v) is 21.3. The molecule has 0 aliphatic carbocycles. The van der Waals surface area contributed by atoms with Crippen molar-refractivity contribution in [2.75, 3.05) is 41.0 Å². The van der Waals surface area contributed by atoms with E-state index in [0.717, 1.165) is 96.3 Å². The fourth-order valence-electron chi connectivity index (χ4n) is 5.48. The number of unbranched alkanes of at least 4 members (excludes halogenated alkanes) is 6. The summed E-state index contributed by atoms with van der Waals surface area (Å²) >= 11 is 0. The van der Waals surface area contributed by atoms with Crippen LogP contribution >= 0.6 is 0 Å². The summed E-state index contributed by atoms with van der Waals surface area (Å²) in [4.78, 5) is 36.9. The predicted molar refractivity (Wildman–Crippen MR) is 233 cm³/mol. The van der Waals surface area contributed by atoms with Crippen molar-refractivity contribution in [1.82, 2.24) is 0 Å². The molecule has 0 amide bonds. The molecule has 0 aromatic carbocycles. The minimum atomic E-state index is -0.890. The van der Waals surface area contributed by atoms with Crippen molar-refractivity contribution in [1.29, 1.82) is 0 Å². The number of allylic oxidation sites excluding steroid dienone is 16. The van der Waals surface area contributed by atoms with E-state index in [0.29, 0.717) is 19.3 Å². The number of esters is 2. The van der Waals surface area contributed by atoms with Gasteiger partial charge in [0.2, 0.25) is 0 Å². The third-order valence-corrected chi connectivity index (χ3v) is 8.73. The Hall–Kier alpha value is -3.75. The Labute approximate surface area is 341 Å². The van der Waals surface area contributed by atoms with E-state index in [2.05, 4.69) is 111 Å². The van der Waals surface area contributed by atoms with Crippen molar-refractivity contribution in [2.24, 2.45) is 0 Å². The van der Waals surface area contributed by atoms with Crippen LogP contribution in [0.15, 0.2) is 97.2 Å². The highest BCUT2D eigenvalue weighted by Gasteiger charge is 2.31. The van der Waals surface area contributed by atoms with E-state index >= 15 is 0 Å². The zero-order valence-electron chi connectivity index (χ0n) is 35.8. The smallest absolute Gasteiger partial charge is 0.362 e. The maximum absolute atomic E-state index is 12.7. The van der Waals surface area contributed by atoms with E-state index in [-0.39, 0.29) is 42.7 Å². The van der Waals surface area contributed by atoms with Crippen LogP contribution in [0.1, 0.15) is 136 Å². The number of carboxylic acids is 1. The number of likely N-dealkylation sites (N-methyl/N-ethyl adjacent to an activating group) is 1. The molecule has 8 nitrogen and oxygen atoms in total. The van der Waals surface area contributed by atoms with Gasteiger partial charge in [-0.25, -0.2) is 4.79 Å². The molecule has 0 heterocycles. The molecular formula is C48H78NO7+. The maximum Gasteiger partial charge on any atom is 0.362 e. The van der Waals surface area contributed by atoms with E-state index in [4.69, 9.17) is 14.2 Å². The van der Waals surface area contributed by atoms with Crippen molar-refractivity contribution in [3.63, 3.8) is 0 Å². The average molecular weight is 781 g/mol. The second kappa shape index (κ2) is 38.1. The molecule has 2 unspecified atom stereocenters. The number of carbonyl (C=O) groups is 3. The van der Waals surface area contributed by atoms with Gasteiger partial charge in [0.15, 0.2) is 12.1 Å². The average Bonchev–Trinajstić information content (AvgIpc) is 3.15. The maximum atomic E-state index is 12.7. The lowest BCUT2D eigenvalue weighted by molar-refractivity contribution is -0.887. The summed E-state index contributed by atoms with van der Waals surface area (Å²) in [6.45, 7) is 4.41. The summed E-state index contributed by atoms with van der Waals surface area (Å²) in [7, 11) is 5.49. The molecule has 0 spiro atoms. The highest BCUT2D eigenvalue weighted by atomic mass is 16.6. The van der Waals surface area contributed by atoms with Crippen molar-refractivity contribution in [3.8, 4) is 0 Å². The van der Waals surface area contributed by atoms with Gasteiger partial charge in [0.05, 0.1) is 34.4 Å². The van der Waals surface area contributed by atoms with Gasteiger partial charge in [0.1, 0.15) is 6.61 Å². The van der Waals surface area contributed by atoms with Crippen LogP contribution in [-0.2, 0) is 28.6 Å². The molecule has 2 atom stereocenters. The van der Waals surface area contributed by atoms with Gasteiger partial charge in [-0.1, -0.05) is 124 Å². The fraction of sp³-hybridized carbons (Fsp3) is 0.604. The van der Waals surface area contributed by atoms with Crippen LogP contribution < -0.4 is 0 Å². The second-order valence-corrected chi connectivity index (χ2v) is 14.8. The first kappa shape index (κ1) is 52.2. The SMILES string of the molecule is CC/C=C\C/C=C\C/C=C\C/C=C\CCCCCCC(=O)OC(COCCC(C(=O)O)[N+](C)(C)C)COC(=O)CCCC/C=C\C/C=C\C/C=C\C/C=C\CC. The normalized spacial score (nSPS) is 13.9. The Balaban J connectivity index is 4.51. The van der Waals surface area contributed by atoms with E-state index in [9.17, 15) is 19.5 Å². The number of aliphatic carboxylic acids is 1. The molecule has 0 rings (SSSR count). The van der Waals surface area contributed by atoms with Crippen LogP contribution in [0.4, 0.5) is 0 Å². The zero-order valence-corrected chi connectivity index (χ0v) is 35.8. The fourth-order valence-corrected chi connectivity index (χ4v) is 5.48. The number of hydrogen-bond acceptors (Lipinski definition) is 6. The zero-order chi connectivity index (χ0) is 41.4. The molecule has 316 valence electrons. The minimum absolute atomic E-state index is 0.0310. The number of rotatable bonds is 36. The lowest BCUT2D eigenvalue weighted by Gasteiger charge is -2.31. The van der Waals surface area contributed by atoms with Crippen molar-refractivity contribution < 1.29 is 38.2 Å². The van der Waals surface area contributed by atoms with Gasteiger partial charge < -0.3 is 23.8 Å². The van der Waals surface area contributed by atoms with Crippen LogP contribution in [0.5, 0.6) is 0 Å². The van der Waals surface area contributed by atoms with Crippen molar-refractivity contribution >= 4 is 17.9 Å². The summed E-state index contributed by atoms with van der Waals surface area (Å²) < 4.78 is 17.2. The number of nitrogens with zero attached hydrogens (tertiary/aromatic N) is 1. The molecule has 0 aromatic heterocycles. The molecule has 0 fully saturated rings. The van der Waals surface area contributed by atoms with Gasteiger partial charge in [0.25, 0.3) is 0 Å². The monoisotopic (exact) mass is 781 g/mol. The molecule has 0 saturated carbocycles. The molecule has 0 saturated heterocycles. The standard InChI is InChI=1S/C48H77NO7/c1-6-8-10-12-14-16-18-20-22-23-25-27-29-31-33-35-37-39-47(51)56-44(42-54-41-40-45(48(52)53)49(3,4)5)43-55-46(50)38-36-34-32-30-28-26-24-21-19-17-15-13-11-9-7-2/h8-11,14-17,20-22,24-25,27-28,30,44-45H,6-7,12-13,18-19,23,26,29,31-43H2,1-5H3/p+1/b10-8-,11-9-,16-14-,17-15-,22-20-,24-21-,27-25-,30-28-. The van der Waals surface area contributed by atoms with Crippen LogP contribution in [-0.4, -0.2) is 80.6 Å². The minimum Gasteiger partial charge on any atom is -0.477 e. The Morgan fingerprint density at radius 3 is 1.41 bits per heavy atom. The Morgan fingerprint density at radius 2 is 0.946 bits per heavy atom. The largest absolute Gasteiger partial charge is 0.477 e. The van der Waals surface area contributed by atoms with Gasteiger partial charge in [-0.15, -0.1) is 0 Å². The van der Waals surface area contributed by atoms with Crippen LogP contribution in [0.3, 0.4) is 0 Å². The summed E-state index contributed by atoms with van der Waals surface area (Å²) in [5.41, 5.74) is 0. The molecule has 0 aromatic rings. The molecule has 0 aliphatic heterocycles. The third-order valence-electron chi connectivity index (χ3n) is 8.73. The van der Waals surface area contributed by atoms with Crippen LogP contribution in [0.25, 0.3) is 0 Å². The molecule has 0 radical (unpaired) electrons. The molecular weight excluding hydrogens is 703 g/mol. The first-order chi connectivity index (χ1) is 27.1. The summed E-state index contributed by atoms with van der Waals surface area (Å²) in [5, 5.41) is 9.61. The quantitative estimate of drug-likeness (QED) is 0.0292. The molecule has 1 N–H and O–H groups in total. The lowest BCUT2D eigenvalue weighted by atomic mass is 10.1. The van der Waals surface area contributed by atoms with E-state index < -0.39 is 18.1 Å². The number of carbonyl (C=O) groups excluding carboxylic acids is 2. The Kier molecular flexibility index (Phi) is 35.6. The van der Waals surface area contributed by atoms with Crippen molar-refractivity contribution in [3.05, 3.63) is 97.2 Å². The highest BCUT2D eigenvalue weighted by molar-refractivity contribution is 5.72. The summed E-state index contributed by atoms with van der Waals surface area (Å²) in [6, 6.07) is -0.631. The number of quaternary nitrogens is 1.